The van der Waals surface area contributed by atoms with Gasteiger partial charge in [-0.15, -0.1) is 65.4 Å². The molecule has 0 saturated heterocycles. The zero-order valence-electron chi connectivity index (χ0n) is 27.8. The van der Waals surface area contributed by atoms with E-state index >= 15 is 0 Å². The van der Waals surface area contributed by atoms with Gasteiger partial charge in [0.05, 0.1) is 20.8 Å². The van der Waals surface area contributed by atoms with Crippen molar-refractivity contribution < 1.29 is 24.5 Å². The number of fused-ring (bicyclic) bond motifs is 5. The van der Waals surface area contributed by atoms with Gasteiger partial charge in [-0.2, -0.15) is 0 Å². The van der Waals surface area contributed by atoms with E-state index in [2.05, 4.69) is 87.1 Å². The number of aryl methyl sites for hydroxylation is 3. The molecule has 0 amide bonds. The monoisotopic (exact) mass is 822 g/mol. The molecule has 48 heavy (non-hydrogen) atoms. The SMILES string of the molecule is Cc1nc2ccc3oc4c(-c5cc(C(C)(C)C)c(-c6c(C)cccc6C)cn5)[c-]ccc4c3c2s1.[Ir].[c-]1ccccc1-c1ccccn1. The fourth-order valence-electron chi connectivity index (χ4n) is 6.24. The van der Waals surface area contributed by atoms with Gasteiger partial charge in [0.1, 0.15) is 5.58 Å². The molecule has 8 rings (SSSR count). The number of hydrogen-bond donors (Lipinski definition) is 0. The van der Waals surface area contributed by atoms with Crippen molar-refractivity contribution >= 4 is 43.5 Å². The van der Waals surface area contributed by atoms with Crippen molar-refractivity contribution in [1.29, 1.82) is 0 Å². The smallest absolute Gasteiger partial charge is 0.122 e. The van der Waals surface area contributed by atoms with Crippen LogP contribution in [0, 0.1) is 32.9 Å². The molecule has 0 fully saturated rings. The minimum atomic E-state index is -0.0597. The Bertz CT molecular complexity index is 2310. The molecule has 0 aliphatic heterocycles. The van der Waals surface area contributed by atoms with Crippen molar-refractivity contribution in [3.05, 3.63) is 137 Å². The summed E-state index contributed by atoms with van der Waals surface area (Å²) < 4.78 is 7.61. The van der Waals surface area contributed by atoms with Gasteiger partial charge in [0.25, 0.3) is 0 Å². The second-order valence-corrected chi connectivity index (χ2v) is 14.0. The Hall–Kier alpha value is -4.48. The van der Waals surface area contributed by atoms with E-state index in [0.717, 1.165) is 55.0 Å². The summed E-state index contributed by atoms with van der Waals surface area (Å²) in [7, 11) is 0. The maximum Gasteiger partial charge on any atom is 0.122 e. The average Bonchev–Trinajstić information content (AvgIpc) is 3.65. The summed E-state index contributed by atoms with van der Waals surface area (Å²) in [5.41, 5.74) is 12.7. The van der Waals surface area contributed by atoms with Gasteiger partial charge in [0, 0.05) is 43.4 Å². The van der Waals surface area contributed by atoms with Crippen LogP contribution < -0.4 is 0 Å². The Morgan fingerprint density at radius 2 is 1.56 bits per heavy atom. The first-order valence-electron chi connectivity index (χ1n) is 15.8. The van der Waals surface area contributed by atoms with Crippen LogP contribution in [0.1, 0.15) is 42.5 Å². The third-order valence-corrected chi connectivity index (χ3v) is 9.43. The van der Waals surface area contributed by atoms with E-state index in [-0.39, 0.29) is 25.5 Å². The molecule has 4 nitrogen and oxygen atoms in total. The van der Waals surface area contributed by atoms with Crippen molar-refractivity contribution in [1.82, 2.24) is 15.0 Å². The molecule has 0 spiro atoms. The number of aromatic nitrogens is 3. The van der Waals surface area contributed by atoms with Gasteiger partial charge < -0.3 is 14.4 Å². The zero-order chi connectivity index (χ0) is 32.7. The van der Waals surface area contributed by atoms with Crippen molar-refractivity contribution in [3.63, 3.8) is 0 Å². The number of rotatable bonds is 3. The van der Waals surface area contributed by atoms with E-state index in [1.54, 1.807) is 17.5 Å². The standard InChI is InChI=1S/C31H27N2OS.C11H8N.Ir/c1-17-9-7-10-18(2)27(17)22-16-32-25(15-23(22)31(4,5)6)20-11-8-12-21-28-26(34-29(20)21)14-13-24-30(28)35-19(3)33-24;1-2-6-10(7-3-1)11-8-4-5-9-12-11;/h7-10,12-16H,1-6H3;1-6,8-9H;/q2*-1;. The fraction of sp³-hybridized carbons (Fsp3) is 0.167. The Labute approximate surface area is 299 Å². The molecule has 0 aliphatic carbocycles. The van der Waals surface area contributed by atoms with Crippen LogP contribution in [-0.2, 0) is 25.5 Å². The van der Waals surface area contributed by atoms with E-state index < -0.39 is 0 Å². The number of thiazole rings is 1. The number of pyridine rings is 2. The Morgan fingerprint density at radius 1 is 0.771 bits per heavy atom. The summed E-state index contributed by atoms with van der Waals surface area (Å²) in [6, 6.07) is 37.1. The van der Waals surface area contributed by atoms with E-state index in [1.807, 2.05) is 73.8 Å². The molecule has 8 aromatic rings. The van der Waals surface area contributed by atoms with Crippen molar-refractivity contribution in [2.45, 2.75) is 47.0 Å². The first-order valence-corrected chi connectivity index (χ1v) is 16.6. The minimum absolute atomic E-state index is 0. The molecule has 0 bridgehead atoms. The number of benzene rings is 4. The van der Waals surface area contributed by atoms with Crippen LogP contribution in [0.4, 0.5) is 0 Å². The third-order valence-electron chi connectivity index (χ3n) is 8.43. The first kappa shape index (κ1) is 33.4. The molecular formula is C42H35IrN3OS-2. The molecular weight excluding hydrogens is 787 g/mol. The van der Waals surface area contributed by atoms with E-state index in [1.165, 1.54) is 32.5 Å². The van der Waals surface area contributed by atoms with Gasteiger partial charge in [-0.3, -0.25) is 0 Å². The molecule has 4 aromatic heterocycles. The maximum absolute atomic E-state index is 6.44. The summed E-state index contributed by atoms with van der Waals surface area (Å²) in [6.07, 6.45) is 3.82. The van der Waals surface area contributed by atoms with Crippen molar-refractivity contribution in [2.24, 2.45) is 0 Å². The summed E-state index contributed by atoms with van der Waals surface area (Å²) >= 11 is 1.71. The fourth-order valence-corrected chi connectivity index (χ4v) is 7.21. The van der Waals surface area contributed by atoms with Gasteiger partial charge in [-0.25, -0.2) is 4.98 Å². The normalized spacial score (nSPS) is 11.4. The summed E-state index contributed by atoms with van der Waals surface area (Å²) in [5, 5.41) is 3.27. The Balaban J connectivity index is 0.000000260. The summed E-state index contributed by atoms with van der Waals surface area (Å²) in [5.74, 6) is 0. The molecule has 241 valence electrons. The Morgan fingerprint density at radius 3 is 2.27 bits per heavy atom. The predicted octanol–water partition coefficient (Wildman–Crippen LogP) is 11.5. The van der Waals surface area contributed by atoms with Crippen molar-refractivity contribution in [3.8, 4) is 33.6 Å². The first-order chi connectivity index (χ1) is 22.7. The average molecular weight is 822 g/mol. The van der Waals surface area contributed by atoms with Gasteiger partial charge >= 0.3 is 0 Å². The second-order valence-electron chi connectivity index (χ2n) is 12.8. The predicted molar refractivity (Wildman–Crippen MR) is 196 cm³/mol. The van der Waals surface area contributed by atoms with Gasteiger partial charge in [0.15, 0.2) is 0 Å². The quantitative estimate of drug-likeness (QED) is 0.167. The Kier molecular flexibility index (Phi) is 9.44. The molecule has 0 N–H and O–H groups in total. The second kappa shape index (κ2) is 13.6. The van der Waals surface area contributed by atoms with E-state index in [0.29, 0.717) is 0 Å². The van der Waals surface area contributed by atoms with Crippen molar-refractivity contribution in [2.75, 3.05) is 0 Å². The number of nitrogens with zero attached hydrogens (tertiary/aromatic N) is 3. The van der Waals surface area contributed by atoms with Gasteiger partial charge in [-0.05, 0) is 78.0 Å². The summed E-state index contributed by atoms with van der Waals surface area (Å²) in [6.45, 7) is 13.2. The van der Waals surface area contributed by atoms with Crippen LogP contribution in [-0.4, -0.2) is 15.0 Å². The zero-order valence-corrected chi connectivity index (χ0v) is 31.0. The van der Waals surface area contributed by atoms with Crippen LogP contribution in [0.2, 0.25) is 0 Å². The summed E-state index contributed by atoms with van der Waals surface area (Å²) in [4.78, 5) is 13.9. The molecule has 1 radical (unpaired) electrons. The van der Waals surface area contributed by atoms with Crippen LogP contribution in [0.25, 0.3) is 65.8 Å². The third kappa shape index (κ3) is 6.36. The van der Waals surface area contributed by atoms with Crippen LogP contribution in [0.15, 0.2) is 108 Å². The molecule has 4 aromatic carbocycles. The molecule has 0 saturated carbocycles. The largest absolute Gasteiger partial charge is 0.501 e. The van der Waals surface area contributed by atoms with Gasteiger partial charge in [-0.1, -0.05) is 68.1 Å². The molecule has 4 heterocycles. The number of furan rings is 1. The van der Waals surface area contributed by atoms with E-state index in [4.69, 9.17) is 9.40 Å². The van der Waals surface area contributed by atoms with Crippen LogP contribution in [0.5, 0.6) is 0 Å². The van der Waals surface area contributed by atoms with Crippen LogP contribution in [0.3, 0.4) is 0 Å². The molecule has 6 heteroatoms. The molecule has 0 aliphatic rings. The van der Waals surface area contributed by atoms with Gasteiger partial charge in [0.2, 0.25) is 0 Å². The minimum Gasteiger partial charge on any atom is -0.501 e. The number of hydrogen-bond acceptors (Lipinski definition) is 5. The maximum atomic E-state index is 6.44. The molecule has 0 atom stereocenters. The van der Waals surface area contributed by atoms with Crippen LogP contribution >= 0.6 is 11.3 Å². The molecule has 0 unspecified atom stereocenters. The van der Waals surface area contributed by atoms with E-state index in [9.17, 15) is 0 Å². The topological polar surface area (TPSA) is 51.8 Å².